The van der Waals surface area contributed by atoms with E-state index in [2.05, 4.69) is 10.6 Å². The van der Waals surface area contributed by atoms with E-state index in [1.54, 1.807) is 24.0 Å². The van der Waals surface area contributed by atoms with Crippen molar-refractivity contribution < 1.29 is 18.0 Å². The third-order valence-electron chi connectivity index (χ3n) is 5.53. The van der Waals surface area contributed by atoms with Gasteiger partial charge in [-0.3, -0.25) is 4.79 Å². The fourth-order valence-electron chi connectivity index (χ4n) is 3.70. The highest BCUT2D eigenvalue weighted by atomic mass is 32.2. The van der Waals surface area contributed by atoms with Crippen LogP contribution >= 0.6 is 0 Å². The highest BCUT2D eigenvalue weighted by Crippen LogP contribution is 2.23. The van der Waals surface area contributed by atoms with Gasteiger partial charge in [0.1, 0.15) is 0 Å². The normalized spacial score (nSPS) is 15.8. The monoisotopic (exact) mass is 458 g/mol. The number of carbonyl (C=O) groups is 2. The second-order valence-electron chi connectivity index (χ2n) is 8.14. The number of piperazine rings is 1. The van der Waals surface area contributed by atoms with E-state index in [1.165, 1.54) is 11.2 Å². The van der Waals surface area contributed by atoms with Crippen LogP contribution in [0.1, 0.15) is 36.6 Å². The number of nitrogens with one attached hydrogen (secondary N) is 2. The Morgan fingerprint density at radius 3 is 2.34 bits per heavy atom. The first kappa shape index (κ1) is 23.7. The van der Waals surface area contributed by atoms with Crippen molar-refractivity contribution in [2.24, 2.45) is 0 Å². The van der Waals surface area contributed by atoms with E-state index in [9.17, 15) is 18.0 Å². The summed E-state index contributed by atoms with van der Waals surface area (Å²) in [7, 11) is -3.60. The Morgan fingerprint density at radius 2 is 1.69 bits per heavy atom. The van der Waals surface area contributed by atoms with E-state index >= 15 is 0 Å². The zero-order valence-electron chi connectivity index (χ0n) is 18.9. The van der Waals surface area contributed by atoms with Gasteiger partial charge in [0.2, 0.25) is 15.9 Å². The standard InChI is InChI=1S/C23H30N4O4S/c1-16-8-9-17(2)22(14-16)32(30,31)27-12-10-26(11-13-27)23(29)24-18(3)20-6-5-7-21(15-20)25-19(4)28/h5-9,14-15,18H,10-13H2,1-4H3,(H,24,29)(H,25,28). The van der Waals surface area contributed by atoms with Crippen molar-refractivity contribution in [3.63, 3.8) is 0 Å². The fraction of sp³-hybridized carbons (Fsp3) is 0.391. The van der Waals surface area contributed by atoms with Crippen molar-refractivity contribution in [2.75, 3.05) is 31.5 Å². The lowest BCUT2D eigenvalue weighted by atomic mass is 10.1. The maximum Gasteiger partial charge on any atom is 0.317 e. The van der Waals surface area contributed by atoms with Crippen LogP contribution in [0.4, 0.5) is 10.5 Å². The molecular formula is C23H30N4O4S. The number of anilines is 1. The highest BCUT2D eigenvalue weighted by Gasteiger charge is 2.31. The van der Waals surface area contributed by atoms with Crippen molar-refractivity contribution in [1.82, 2.24) is 14.5 Å². The number of rotatable bonds is 5. The van der Waals surface area contributed by atoms with Crippen LogP contribution in [-0.2, 0) is 14.8 Å². The molecule has 0 spiro atoms. The molecule has 3 amide bonds. The molecule has 1 heterocycles. The van der Waals surface area contributed by atoms with E-state index in [-0.39, 0.29) is 31.1 Å². The van der Waals surface area contributed by atoms with Crippen molar-refractivity contribution in [3.05, 3.63) is 59.2 Å². The summed E-state index contributed by atoms with van der Waals surface area (Å²) in [6.45, 7) is 8.09. The molecule has 8 nitrogen and oxygen atoms in total. The minimum atomic E-state index is -3.60. The number of hydrogen-bond acceptors (Lipinski definition) is 4. The summed E-state index contributed by atoms with van der Waals surface area (Å²) in [6, 6.07) is 12.2. The Labute approximate surface area is 189 Å². The molecule has 172 valence electrons. The van der Waals surface area contributed by atoms with E-state index in [0.717, 1.165) is 11.1 Å². The number of urea groups is 1. The molecular weight excluding hydrogens is 428 g/mol. The van der Waals surface area contributed by atoms with Crippen LogP contribution in [0, 0.1) is 13.8 Å². The predicted molar refractivity (Wildman–Crippen MR) is 124 cm³/mol. The number of hydrogen-bond donors (Lipinski definition) is 2. The van der Waals surface area contributed by atoms with Gasteiger partial charge in [-0.05, 0) is 55.7 Å². The molecule has 0 aromatic heterocycles. The van der Waals surface area contributed by atoms with E-state index < -0.39 is 10.0 Å². The van der Waals surface area contributed by atoms with Crippen molar-refractivity contribution in [2.45, 2.75) is 38.6 Å². The summed E-state index contributed by atoms with van der Waals surface area (Å²) >= 11 is 0. The minimum Gasteiger partial charge on any atom is -0.331 e. The SMILES string of the molecule is CC(=O)Nc1cccc(C(C)NC(=O)N2CCN(S(=O)(=O)c3cc(C)ccc3C)CC2)c1. The maximum atomic E-state index is 13.1. The third-order valence-corrected chi connectivity index (χ3v) is 7.57. The lowest BCUT2D eigenvalue weighted by molar-refractivity contribution is -0.114. The molecule has 0 saturated carbocycles. The van der Waals surface area contributed by atoms with Gasteiger partial charge < -0.3 is 15.5 Å². The number of carbonyl (C=O) groups excluding carboxylic acids is 2. The largest absolute Gasteiger partial charge is 0.331 e. The molecule has 2 N–H and O–H groups in total. The molecule has 1 unspecified atom stereocenters. The van der Waals surface area contributed by atoms with Crippen LogP contribution in [-0.4, -0.2) is 55.7 Å². The molecule has 9 heteroatoms. The molecule has 0 aliphatic carbocycles. The first-order chi connectivity index (χ1) is 15.1. The summed E-state index contributed by atoms with van der Waals surface area (Å²) in [5.41, 5.74) is 3.14. The quantitative estimate of drug-likeness (QED) is 0.719. The molecule has 3 rings (SSSR count). The molecule has 2 aromatic rings. The first-order valence-electron chi connectivity index (χ1n) is 10.6. The summed E-state index contributed by atoms with van der Waals surface area (Å²) in [5.74, 6) is -0.160. The molecule has 32 heavy (non-hydrogen) atoms. The molecule has 1 fully saturated rings. The number of benzene rings is 2. The summed E-state index contributed by atoms with van der Waals surface area (Å²) < 4.78 is 27.6. The van der Waals surface area contributed by atoms with E-state index in [1.807, 2.05) is 44.2 Å². The Morgan fingerprint density at radius 1 is 1.00 bits per heavy atom. The molecule has 0 radical (unpaired) electrons. The Balaban J connectivity index is 1.61. The van der Waals surface area contributed by atoms with E-state index in [4.69, 9.17) is 0 Å². The van der Waals surface area contributed by atoms with Crippen molar-refractivity contribution >= 4 is 27.6 Å². The third kappa shape index (κ3) is 5.46. The first-order valence-corrected chi connectivity index (χ1v) is 12.0. The summed E-state index contributed by atoms with van der Waals surface area (Å²) in [4.78, 5) is 26.0. The smallest absolute Gasteiger partial charge is 0.317 e. The van der Waals surface area contributed by atoms with Gasteiger partial charge >= 0.3 is 6.03 Å². The van der Waals surface area contributed by atoms with Gasteiger partial charge in [0, 0.05) is 38.8 Å². The van der Waals surface area contributed by atoms with Gasteiger partial charge in [-0.2, -0.15) is 4.31 Å². The average Bonchev–Trinajstić information content (AvgIpc) is 2.75. The second kappa shape index (κ2) is 9.70. The molecule has 1 aliphatic heterocycles. The lowest BCUT2D eigenvalue weighted by Gasteiger charge is -2.35. The van der Waals surface area contributed by atoms with Crippen LogP contribution < -0.4 is 10.6 Å². The predicted octanol–water partition coefficient (Wildman–Crippen LogP) is 3.04. The molecule has 1 aliphatic rings. The molecule has 0 bridgehead atoms. The zero-order chi connectivity index (χ0) is 23.5. The topological polar surface area (TPSA) is 98.8 Å². The zero-order valence-corrected chi connectivity index (χ0v) is 19.7. The number of amides is 3. The number of sulfonamides is 1. The second-order valence-corrected chi connectivity index (χ2v) is 10.0. The summed E-state index contributed by atoms with van der Waals surface area (Å²) in [5, 5.41) is 5.69. The van der Waals surface area contributed by atoms with Crippen molar-refractivity contribution in [1.29, 1.82) is 0 Å². The number of nitrogens with zero attached hydrogens (tertiary/aromatic N) is 2. The Kier molecular flexibility index (Phi) is 7.20. The Hall–Kier alpha value is -2.91. The van der Waals surface area contributed by atoms with Gasteiger partial charge in [0.15, 0.2) is 0 Å². The van der Waals surface area contributed by atoms with Gasteiger partial charge in [0.25, 0.3) is 0 Å². The molecule has 2 aromatic carbocycles. The Bertz CT molecular complexity index is 1110. The van der Waals surface area contributed by atoms with Gasteiger partial charge in [-0.25, -0.2) is 13.2 Å². The fourth-order valence-corrected chi connectivity index (χ4v) is 5.44. The summed E-state index contributed by atoms with van der Waals surface area (Å²) in [6.07, 6.45) is 0. The number of aryl methyl sites for hydroxylation is 2. The molecule has 1 atom stereocenters. The minimum absolute atomic E-state index is 0.160. The maximum absolute atomic E-state index is 13.1. The van der Waals surface area contributed by atoms with Gasteiger partial charge in [-0.1, -0.05) is 24.3 Å². The van der Waals surface area contributed by atoms with Crippen LogP contribution in [0.25, 0.3) is 0 Å². The van der Waals surface area contributed by atoms with Crippen LogP contribution in [0.2, 0.25) is 0 Å². The van der Waals surface area contributed by atoms with Gasteiger partial charge in [0.05, 0.1) is 10.9 Å². The van der Waals surface area contributed by atoms with Crippen LogP contribution in [0.15, 0.2) is 47.4 Å². The lowest BCUT2D eigenvalue weighted by Crippen LogP contribution is -2.53. The molecule has 1 saturated heterocycles. The van der Waals surface area contributed by atoms with Crippen LogP contribution in [0.3, 0.4) is 0 Å². The average molecular weight is 459 g/mol. The van der Waals surface area contributed by atoms with Crippen LogP contribution in [0.5, 0.6) is 0 Å². The highest BCUT2D eigenvalue weighted by molar-refractivity contribution is 7.89. The van der Waals surface area contributed by atoms with Crippen molar-refractivity contribution in [3.8, 4) is 0 Å². The van der Waals surface area contributed by atoms with E-state index in [0.29, 0.717) is 29.2 Å². The van der Waals surface area contributed by atoms with Gasteiger partial charge in [-0.15, -0.1) is 0 Å².